The first-order chi connectivity index (χ1) is 7.50. The van der Waals surface area contributed by atoms with Gasteiger partial charge in [-0.2, -0.15) is 5.10 Å². The van der Waals surface area contributed by atoms with E-state index in [2.05, 4.69) is 58.7 Å². The number of alkyl halides is 1. The SMILES string of the molecule is CC(Br)CCN(C)Cc1ncnn1C(C)C. The Morgan fingerprint density at radius 3 is 2.69 bits per heavy atom. The second kappa shape index (κ2) is 6.35. The molecule has 0 aliphatic rings. The van der Waals surface area contributed by atoms with E-state index >= 15 is 0 Å². The summed E-state index contributed by atoms with van der Waals surface area (Å²) in [5.41, 5.74) is 0. The van der Waals surface area contributed by atoms with Crippen LogP contribution in [0, 0.1) is 0 Å². The Morgan fingerprint density at radius 2 is 2.12 bits per heavy atom. The van der Waals surface area contributed by atoms with E-state index in [1.54, 1.807) is 6.33 Å². The van der Waals surface area contributed by atoms with E-state index in [1.165, 1.54) is 0 Å². The average Bonchev–Trinajstić information content (AvgIpc) is 2.62. The number of nitrogens with zero attached hydrogens (tertiary/aromatic N) is 4. The summed E-state index contributed by atoms with van der Waals surface area (Å²) in [6.07, 6.45) is 2.78. The Bertz CT molecular complexity index is 309. The van der Waals surface area contributed by atoms with Gasteiger partial charge in [0.1, 0.15) is 12.2 Å². The molecular weight excluding hydrogens is 268 g/mol. The van der Waals surface area contributed by atoms with Crippen molar-refractivity contribution in [2.45, 2.75) is 44.6 Å². The standard InChI is InChI=1S/C11H21BrN4/c1-9(2)16-11(13-8-14-16)7-15(4)6-5-10(3)12/h8-10H,5-7H2,1-4H3. The third-order valence-corrected chi connectivity index (χ3v) is 2.91. The van der Waals surface area contributed by atoms with Crippen molar-refractivity contribution in [3.8, 4) is 0 Å². The molecule has 0 saturated carbocycles. The predicted molar refractivity (Wildman–Crippen MR) is 69.7 cm³/mol. The van der Waals surface area contributed by atoms with Gasteiger partial charge in [0.2, 0.25) is 0 Å². The first-order valence-electron chi connectivity index (χ1n) is 5.71. The van der Waals surface area contributed by atoms with Crippen LogP contribution >= 0.6 is 15.9 Å². The fourth-order valence-corrected chi connectivity index (χ4v) is 1.74. The molecule has 1 rings (SSSR count). The number of halogens is 1. The summed E-state index contributed by atoms with van der Waals surface area (Å²) in [4.78, 5) is 7.15. The Kier molecular flexibility index (Phi) is 5.41. The quantitative estimate of drug-likeness (QED) is 0.754. The molecule has 5 heteroatoms. The highest BCUT2D eigenvalue weighted by molar-refractivity contribution is 9.09. The maximum absolute atomic E-state index is 4.30. The topological polar surface area (TPSA) is 34.0 Å². The number of hydrogen-bond donors (Lipinski definition) is 0. The molecule has 0 radical (unpaired) electrons. The van der Waals surface area contributed by atoms with Gasteiger partial charge < -0.3 is 0 Å². The summed E-state index contributed by atoms with van der Waals surface area (Å²) < 4.78 is 1.98. The van der Waals surface area contributed by atoms with E-state index in [0.717, 1.165) is 25.3 Å². The molecule has 0 amide bonds. The molecule has 0 aromatic carbocycles. The van der Waals surface area contributed by atoms with Gasteiger partial charge in [0.05, 0.1) is 6.54 Å². The minimum Gasteiger partial charge on any atom is -0.299 e. The van der Waals surface area contributed by atoms with Crippen molar-refractivity contribution in [3.63, 3.8) is 0 Å². The van der Waals surface area contributed by atoms with Gasteiger partial charge in [0.25, 0.3) is 0 Å². The maximum Gasteiger partial charge on any atom is 0.141 e. The molecule has 4 nitrogen and oxygen atoms in total. The van der Waals surface area contributed by atoms with Crippen LogP contribution in [0.2, 0.25) is 0 Å². The van der Waals surface area contributed by atoms with Crippen molar-refractivity contribution in [2.24, 2.45) is 0 Å². The first-order valence-corrected chi connectivity index (χ1v) is 6.63. The van der Waals surface area contributed by atoms with Crippen molar-refractivity contribution in [3.05, 3.63) is 12.2 Å². The lowest BCUT2D eigenvalue weighted by molar-refractivity contribution is 0.303. The monoisotopic (exact) mass is 288 g/mol. The van der Waals surface area contributed by atoms with E-state index < -0.39 is 0 Å². The molecule has 1 unspecified atom stereocenters. The third kappa shape index (κ3) is 4.22. The molecule has 1 atom stereocenters. The van der Waals surface area contributed by atoms with Crippen molar-refractivity contribution in [1.82, 2.24) is 19.7 Å². The normalized spacial score (nSPS) is 13.7. The molecule has 16 heavy (non-hydrogen) atoms. The molecule has 1 aromatic rings. The van der Waals surface area contributed by atoms with Gasteiger partial charge in [-0.1, -0.05) is 22.9 Å². The van der Waals surface area contributed by atoms with Gasteiger partial charge in [-0.05, 0) is 33.9 Å². The van der Waals surface area contributed by atoms with E-state index in [9.17, 15) is 0 Å². The van der Waals surface area contributed by atoms with Gasteiger partial charge in [-0.15, -0.1) is 0 Å². The summed E-state index contributed by atoms with van der Waals surface area (Å²) in [5.74, 6) is 1.04. The zero-order valence-electron chi connectivity index (χ0n) is 10.5. The number of hydrogen-bond acceptors (Lipinski definition) is 3. The van der Waals surface area contributed by atoms with Crippen molar-refractivity contribution >= 4 is 15.9 Å². The Morgan fingerprint density at radius 1 is 1.44 bits per heavy atom. The lowest BCUT2D eigenvalue weighted by atomic mass is 10.3. The molecule has 0 saturated heterocycles. The largest absolute Gasteiger partial charge is 0.299 e. The van der Waals surface area contributed by atoms with Crippen LogP contribution in [0.4, 0.5) is 0 Å². The highest BCUT2D eigenvalue weighted by Gasteiger charge is 2.10. The second-order valence-corrected chi connectivity index (χ2v) is 6.08. The minimum absolute atomic E-state index is 0.376. The highest BCUT2D eigenvalue weighted by atomic mass is 79.9. The van der Waals surface area contributed by atoms with Gasteiger partial charge >= 0.3 is 0 Å². The van der Waals surface area contributed by atoms with Crippen molar-refractivity contribution in [1.29, 1.82) is 0 Å². The first kappa shape index (κ1) is 13.6. The van der Waals surface area contributed by atoms with E-state index in [4.69, 9.17) is 0 Å². The third-order valence-electron chi connectivity index (χ3n) is 2.46. The van der Waals surface area contributed by atoms with Gasteiger partial charge in [-0.25, -0.2) is 9.67 Å². The Labute approximate surface area is 106 Å². The maximum atomic E-state index is 4.30. The molecule has 0 aliphatic carbocycles. The molecule has 92 valence electrons. The number of rotatable bonds is 6. The Balaban J connectivity index is 2.49. The zero-order valence-corrected chi connectivity index (χ0v) is 12.1. The summed E-state index contributed by atoms with van der Waals surface area (Å²) >= 11 is 3.56. The van der Waals surface area contributed by atoms with E-state index in [0.29, 0.717) is 10.9 Å². The van der Waals surface area contributed by atoms with Crippen molar-refractivity contribution < 1.29 is 0 Å². The lowest BCUT2D eigenvalue weighted by Gasteiger charge is -2.18. The smallest absolute Gasteiger partial charge is 0.141 e. The fraction of sp³-hybridized carbons (Fsp3) is 0.818. The van der Waals surface area contributed by atoms with Crippen LogP contribution in [-0.2, 0) is 6.54 Å². The molecule has 1 heterocycles. The van der Waals surface area contributed by atoms with Gasteiger partial charge in [-0.3, -0.25) is 4.90 Å². The van der Waals surface area contributed by atoms with Gasteiger partial charge in [0, 0.05) is 10.9 Å². The molecule has 0 aliphatic heterocycles. The van der Waals surface area contributed by atoms with E-state index in [1.807, 2.05) is 4.68 Å². The highest BCUT2D eigenvalue weighted by Crippen LogP contribution is 2.09. The predicted octanol–water partition coefficient (Wildman–Crippen LogP) is 2.46. The zero-order chi connectivity index (χ0) is 12.1. The van der Waals surface area contributed by atoms with Crippen LogP contribution in [0.1, 0.15) is 39.1 Å². The summed E-state index contributed by atoms with van der Waals surface area (Å²) in [6.45, 7) is 8.34. The molecule has 0 spiro atoms. The summed E-state index contributed by atoms with van der Waals surface area (Å²) in [6, 6.07) is 0.376. The molecule has 0 bridgehead atoms. The number of aromatic nitrogens is 3. The Hall–Kier alpha value is -0.420. The van der Waals surface area contributed by atoms with Crippen LogP contribution in [0.15, 0.2) is 6.33 Å². The van der Waals surface area contributed by atoms with Gasteiger partial charge in [0.15, 0.2) is 0 Å². The fourth-order valence-electron chi connectivity index (χ4n) is 1.54. The van der Waals surface area contributed by atoms with Crippen LogP contribution < -0.4 is 0 Å². The van der Waals surface area contributed by atoms with Crippen LogP contribution in [0.3, 0.4) is 0 Å². The van der Waals surface area contributed by atoms with Crippen LogP contribution in [-0.4, -0.2) is 38.1 Å². The molecule has 0 N–H and O–H groups in total. The molecule has 1 aromatic heterocycles. The second-order valence-electron chi connectivity index (χ2n) is 4.52. The van der Waals surface area contributed by atoms with E-state index in [-0.39, 0.29) is 0 Å². The van der Waals surface area contributed by atoms with Crippen LogP contribution in [0.5, 0.6) is 0 Å². The molecule has 0 fully saturated rings. The molecular formula is C11H21BrN4. The summed E-state index contributed by atoms with van der Waals surface area (Å²) in [7, 11) is 2.12. The van der Waals surface area contributed by atoms with Crippen LogP contribution in [0.25, 0.3) is 0 Å². The average molecular weight is 289 g/mol. The lowest BCUT2D eigenvalue weighted by Crippen LogP contribution is -2.23. The summed E-state index contributed by atoms with van der Waals surface area (Å²) in [5, 5.41) is 4.23. The minimum atomic E-state index is 0.376. The van der Waals surface area contributed by atoms with Crippen molar-refractivity contribution in [2.75, 3.05) is 13.6 Å².